The lowest BCUT2D eigenvalue weighted by Crippen LogP contribution is -2.29. The number of nitrogens with one attached hydrogen (secondary N) is 1. The van der Waals surface area contributed by atoms with Gasteiger partial charge >= 0.3 is 6.18 Å². The maximum absolute atomic E-state index is 12.7. The van der Waals surface area contributed by atoms with E-state index in [1.807, 2.05) is 4.90 Å². The van der Waals surface area contributed by atoms with Gasteiger partial charge in [0.15, 0.2) is 11.5 Å². The van der Waals surface area contributed by atoms with Gasteiger partial charge in [-0.25, -0.2) is 9.50 Å². The molecule has 20 heavy (non-hydrogen) atoms. The quantitative estimate of drug-likeness (QED) is 0.863. The van der Waals surface area contributed by atoms with Gasteiger partial charge in [-0.2, -0.15) is 18.3 Å². The minimum absolute atomic E-state index is 0.390. The van der Waals surface area contributed by atoms with Gasteiger partial charge in [-0.1, -0.05) is 0 Å². The fraction of sp³-hybridized carbons (Fsp3) is 0.500. The number of anilines is 1. The molecule has 5 nitrogen and oxygen atoms in total. The number of hydrogen-bond acceptors (Lipinski definition) is 4. The molecular formula is C12H14F3N5. The average molecular weight is 285 g/mol. The van der Waals surface area contributed by atoms with E-state index in [0.717, 1.165) is 38.7 Å². The third kappa shape index (κ3) is 2.43. The van der Waals surface area contributed by atoms with Crippen LogP contribution in [0, 0.1) is 0 Å². The highest BCUT2D eigenvalue weighted by molar-refractivity contribution is 5.69. The zero-order chi connectivity index (χ0) is 14.2. The molecule has 1 aliphatic rings. The first-order valence-corrected chi connectivity index (χ1v) is 6.43. The van der Waals surface area contributed by atoms with E-state index in [2.05, 4.69) is 15.4 Å². The summed E-state index contributed by atoms with van der Waals surface area (Å²) < 4.78 is 39.5. The van der Waals surface area contributed by atoms with E-state index in [-0.39, 0.29) is 0 Å². The van der Waals surface area contributed by atoms with Crippen LogP contribution in [0.1, 0.15) is 12.1 Å². The molecule has 1 saturated heterocycles. The van der Waals surface area contributed by atoms with Crippen molar-refractivity contribution < 1.29 is 13.2 Å². The lowest BCUT2D eigenvalue weighted by atomic mass is 10.3. The lowest BCUT2D eigenvalue weighted by Gasteiger charge is -2.21. The van der Waals surface area contributed by atoms with Crippen molar-refractivity contribution in [1.29, 1.82) is 0 Å². The number of alkyl halides is 3. The molecule has 0 unspecified atom stereocenters. The Balaban J connectivity index is 2.04. The Kier molecular flexibility index (Phi) is 3.25. The molecule has 1 aliphatic heterocycles. The third-order valence-corrected chi connectivity index (χ3v) is 3.30. The Bertz CT molecular complexity index is 599. The molecule has 0 bridgehead atoms. The maximum Gasteiger partial charge on any atom is 0.435 e. The molecule has 2 aromatic rings. The zero-order valence-electron chi connectivity index (χ0n) is 10.7. The topological polar surface area (TPSA) is 45.5 Å². The van der Waals surface area contributed by atoms with Crippen LogP contribution in [0.25, 0.3) is 5.52 Å². The summed E-state index contributed by atoms with van der Waals surface area (Å²) >= 11 is 0. The van der Waals surface area contributed by atoms with E-state index in [4.69, 9.17) is 0 Å². The van der Waals surface area contributed by atoms with Crippen LogP contribution in [0.4, 0.5) is 19.0 Å². The molecule has 0 aromatic carbocycles. The largest absolute Gasteiger partial charge is 0.435 e. The Hall–Kier alpha value is -1.83. The van der Waals surface area contributed by atoms with Gasteiger partial charge in [0.25, 0.3) is 0 Å². The van der Waals surface area contributed by atoms with Crippen molar-refractivity contribution in [2.45, 2.75) is 12.6 Å². The summed E-state index contributed by atoms with van der Waals surface area (Å²) in [5.41, 5.74) is -0.499. The van der Waals surface area contributed by atoms with Gasteiger partial charge in [-0.15, -0.1) is 0 Å². The van der Waals surface area contributed by atoms with Crippen molar-refractivity contribution >= 4 is 11.3 Å². The molecule has 1 fully saturated rings. The van der Waals surface area contributed by atoms with Gasteiger partial charge in [-0.05, 0) is 13.0 Å². The van der Waals surface area contributed by atoms with E-state index < -0.39 is 11.9 Å². The Labute approximate surface area is 113 Å². The molecule has 0 aliphatic carbocycles. The average Bonchev–Trinajstić information content (AvgIpc) is 2.67. The van der Waals surface area contributed by atoms with Crippen LogP contribution in [-0.4, -0.2) is 40.8 Å². The second-order valence-electron chi connectivity index (χ2n) is 4.70. The Morgan fingerprint density at radius 3 is 2.85 bits per heavy atom. The Morgan fingerprint density at radius 1 is 1.20 bits per heavy atom. The second kappa shape index (κ2) is 4.93. The Morgan fingerprint density at radius 2 is 2.05 bits per heavy atom. The lowest BCUT2D eigenvalue weighted by molar-refractivity contribution is -0.141. The van der Waals surface area contributed by atoms with Crippen molar-refractivity contribution in [3.05, 3.63) is 24.2 Å². The van der Waals surface area contributed by atoms with Gasteiger partial charge in [0.2, 0.25) is 0 Å². The van der Waals surface area contributed by atoms with Crippen molar-refractivity contribution in [1.82, 2.24) is 19.9 Å². The molecule has 0 amide bonds. The van der Waals surface area contributed by atoms with Gasteiger partial charge in [0, 0.05) is 38.1 Å². The van der Waals surface area contributed by atoms with E-state index in [1.165, 1.54) is 16.9 Å². The van der Waals surface area contributed by atoms with Crippen LogP contribution in [0.15, 0.2) is 18.5 Å². The molecule has 3 rings (SSSR count). The number of nitrogens with zero attached hydrogens (tertiary/aromatic N) is 4. The number of aromatic nitrogens is 3. The molecule has 0 atom stereocenters. The number of hydrogen-bond donors (Lipinski definition) is 1. The van der Waals surface area contributed by atoms with Crippen molar-refractivity contribution in [2.75, 3.05) is 31.1 Å². The summed E-state index contributed by atoms with van der Waals surface area (Å²) in [4.78, 5) is 6.23. The van der Waals surface area contributed by atoms with E-state index in [0.29, 0.717) is 11.3 Å². The van der Waals surface area contributed by atoms with E-state index in [1.54, 1.807) is 0 Å². The van der Waals surface area contributed by atoms with Crippen molar-refractivity contribution in [3.63, 3.8) is 0 Å². The maximum atomic E-state index is 12.7. The van der Waals surface area contributed by atoms with Gasteiger partial charge < -0.3 is 10.2 Å². The summed E-state index contributed by atoms with van der Waals surface area (Å²) in [6, 6.07) is 1.06. The minimum atomic E-state index is -4.44. The van der Waals surface area contributed by atoms with Gasteiger partial charge in [-0.3, -0.25) is 0 Å². The highest BCUT2D eigenvalue weighted by Crippen LogP contribution is 2.30. The molecule has 1 N–H and O–H groups in total. The summed E-state index contributed by atoms with van der Waals surface area (Å²) in [5, 5.41) is 6.82. The first kappa shape index (κ1) is 13.2. The monoisotopic (exact) mass is 285 g/mol. The number of fused-ring (bicyclic) bond motifs is 1. The van der Waals surface area contributed by atoms with Crippen LogP contribution in [0.2, 0.25) is 0 Å². The second-order valence-corrected chi connectivity index (χ2v) is 4.70. The smallest absolute Gasteiger partial charge is 0.354 e. The van der Waals surface area contributed by atoms with Crippen LogP contribution >= 0.6 is 0 Å². The molecule has 2 aromatic heterocycles. The SMILES string of the molecule is FC(F)(F)c1cc2c(N3CCCNCC3)nccn2n1. The molecule has 0 radical (unpaired) electrons. The molecule has 0 saturated carbocycles. The summed E-state index contributed by atoms with van der Waals surface area (Å²) in [7, 11) is 0. The number of rotatable bonds is 1. The van der Waals surface area contributed by atoms with Gasteiger partial charge in [0.1, 0.15) is 5.52 Å². The third-order valence-electron chi connectivity index (χ3n) is 3.30. The fourth-order valence-corrected chi connectivity index (χ4v) is 2.35. The van der Waals surface area contributed by atoms with Crippen LogP contribution in [-0.2, 0) is 6.18 Å². The zero-order valence-corrected chi connectivity index (χ0v) is 10.7. The van der Waals surface area contributed by atoms with Crippen molar-refractivity contribution in [2.24, 2.45) is 0 Å². The molecule has 3 heterocycles. The van der Waals surface area contributed by atoms with E-state index >= 15 is 0 Å². The van der Waals surface area contributed by atoms with Crippen LogP contribution < -0.4 is 10.2 Å². The van der Waals surface area contributed by atoms with Gasteiger partial charge in [0.05, 0.1) is 0 Å². The predicted molar refractivity (Wildman–Crippen MR) is 67.7 cm³/mol. The predicted octanol–water partition coefficient (Wildman–Crippen LogP) is 1.55. The summed E-state index contributed by atoms with van der Waals surface area (Å²) in [6.45, 7) is 3.20. The van der Waals surface area contributed by atoms with Crippen LogP contribution in [0.3, 0.4) is 0 Å². The first-order chi connectivity index (χ1) is 9.55. The molecular weight excluding hydrogens is 271 g/mol. The molecule has 8 heteroatoms. The molecule has 108 valence electrons. The number of halogens is 3. The summed E-state index contributed by atoms with van der Waals surface area (Å²) in [6.07, 6.45) is -0.593. The fourth-order valence-electron chi connectivity index (χ4n) is 2.35. The van der Waals surface area contributed by atoms with Crippen LogP contribution in [0.5, 0.6) is 0 Å². The van der Waals surface area contributed by atoms with Crippen molar-refractivity contribution in [3.8, 4) is 0 Å². The standard InChI is InChI=1S/C12H14F3N5/c13-12(14,15)10-8-9-11(17-4-7-20(9)18-10)19-5-1-2-16-3-6-19/h4,7-8,16H,1-3,5-6H2. The molecule has 0 spiro atoms. The van der Waals surface area contributed by atoms with E-state index in [9.17, 15) is 13.2 Å². The first-order valence-electron chi connectivity index (χ1n) is 6.43. The minimum Gasteiger partial charge on any atom is -0.354 e. The summed E-state index contributed by atoms with van der Waals surface area (Å²) in [5.74, 6) is 0.555. The normalized spacial score (nSPS) is 17.4. The highest BCUT2D eigenvalue weighted by atomic mass is 19.4. The highest BCUT2D eigenvalue weighted by Gasteiger charge is 2.34.